The fourth-order valence-electron chi connectivity index (χ4n) is 2.06. The molecule has 0 aliphatic heterocycles. The van der Waals surface area contributed by atoms with Crippen molar-refractivity contribution >= 4 is 0 Å². The molecule has 0 aromatic carbocycles. The van der Waals surface area contributed by atoms with E-state index in [-0.39, 0.29) is 0 Å². The van der Waals surface area contributed by atoms with Gasteiger partial charge in [-0.05, 0) is 19.9 Å². The first kappa shape index (κ1) is 11.0. The van der Waals surface area contributed by atoms with Crippen molar-refractivity contribution in [3.63, 3.8) is 0 Å². The largest absolute Gasteiger partial charge is 0.313 e. The van der Waals surface area contributed by atoms with Crippen molar-refractivity contribution in [1.29, 1.82) is 0 Å². The summed E-state index contributed by atoms with van der Waals surface area (Å²) < 4.78 is 0. The molecule has 0 aromatic rings. The van der Waals surface area contributed by atoms with Crippen LogP contribution < -0.4 is 5.32 Å². The lowest BCUT2D eigenvalue weighted by Gasteiger charge is -2.24. The predicted molar refractivity (Wildman–Crippen MR) is 58.0 cm³/mol. The number of hydrogen-bond acceptors (Lipinski definition) is 2. The second-order valence-corrected chi connectivity index (χ2v) is 4.53. The van der Waals surface area contributed by atoms with Gasteiger partial charge in [-0.3, -0.25) is 0 Å². The summed E-state index contributed by atoms with van der Waals surface area (Å²) in [4.78, 5) is 2.52. The highest BCUT2D eigenvalue weighted by Gasteiger charge is 2.18. The van der Waals surface area contributed by atoms with Crippen LogP contribution >= 0.6 is 0 Å². The third-order valence-electron chi connectivity index (χ3n) is 2.97. The number of likely N-dealkylation sites (N-methyl/N-ethyl adjacent to an activating group) is 1. The molecule has 1 fully saturated rings. The molecule has 0 spiro atoms. The lowest BCUT2D eigenvalue weighted by atomic mass is 10.2. The number of nitrogens with one attached hydrogen (secondary N) is 1. The lowest BCUT2D eigenvalue weighted by molar-refractivity contribution is 0.243. The van der Waals surface area contributed by atoms with Gasteiger partial charge in [0.2, 0.25) is 0 Å². The molecule has 0 aromatic heterocycles. The number of hydrogen-bond donors (Lipinski definition) is 1. The van der Waals surface area contributed by atoms with E-state index in [0.29, 0.717) is 6.04 Å². The van der Waals surface area contributed by atoms with Crippen molar-refractivity contribution < 1.29 is 0 Å². The van der Waals surface area contributed by atoms with Crippen LogP contribution in [0.2, 0.25) is 0 Å². The highest BCUT2D eigenvalue weighted by atomic mass is 15.1. The summed E-state index contributed by atoms with van der Waals surface area (Å²) in [5.41, 5.74) is 0. The Kier molecular flexibility index (Phi) is 4.74. The van der Waals surface area contributed by atoms with E-state index in [4.69, 9.17) is 0 Å². The molecule has 1 N–H and O–H groups in total. The molecule has 1 aliphatic rings. The lowest BCUT2D eigenvalue weighted by Crippen LogP contribution is -2.37. The van der Waals surface area contributed by atoms with Gasteiger partial charge in [0.1, 0.15) is 0 Å². The first-order valence-corrected chi connectivity index (χ1v) is 5.64. The van der Waals surface area contributed by atoms with Crippen LogP contribution in [0.4, 0.5) is 0 Å². The Morgan fingerprint density at radius 3 is 2.46 bits per heavy atom. The van der Waals surface area contributed by atoms with Gasteiger partial charge >= 0.3 is 0 Å². The molecule has 13 heavy (non-hydrogen) atoms. The summed E-state index contributed by atoms with van der Waals surface area (Å²) in [6, 6.07) is 1.49. The molecule has 2 heteroatoms. The molecule has 0 amide bonds. The third-order valence-corrected chi connectivity index (χ3v) is 2.97. The van der Waals surface area contributed by atoms with Gasteiger partial charge in [-0.1, -0.05) is 26.7 Å². The van der Waals surface area contributed by atoms with Crippen LogP contribution in [0, 0.1) is 0 Å². The molecule has 1 saturated carbocycles. The van der Waals surface area contributed by atoms with Gasteiger partial charge in [-0.15, -0.1) is 0 Å². The normalized spacial score (nSPS) is 19.2. The monoisotopic (exact) mass is 184 g/mol. The van der Waals surface area contributed by atoms with E-state index in [2.05, 4.69) is 31.1 Å². The van der Waals surface area contributed by atoms with Crippen molar-refractivity contribution in [1.82, 2.24) is 10.2 Å². The fraction of sp³-hybridized carbons (Fsp3) is 1.00. The maximum Gasteiger partial charge on any atom is 0.0107 e. The van der Waals surface area contributed by atoms with Crippen molar-refractivity contribution in [2.75, 3.05) is 20.1 Å². The molecule has 0 radical (unpaired) electrons. The Morgan fingerprint density at radius 2 is 1.92 bits per heavy atom. The summed E-state index contributed by atoms with van der Waals surface area (Å²) in [5.74, 6) is 0. The molecule has 1 aliphatic carbocycles. The van der Waals surface area contributed by atoms with Crippen LogP contribution in [0.1, 0.15) is 39.5 Å². The van der Waals surface area contributed by atoms with E-state index in [9.17, 15) is 0 Å². The molecular formula is C11H24N2. The first-order valence-electron chi connectivity index (χ1n) is 5.64. The minimum atomic E-state index is 0.622. The average molecular weight is 184 g/mol. The van der Waals surface area contributed by atoms with E-state index in [1.807, 2.05) is 0 Å². The van der Waals surface area contributed by atoms with Crippen LogP contribution in [0.15, 0.2) is 0 Å². The third kappa shape index (κ3) is 4.10. The average Bonchev–Trinajstić information content (AvgIpc) is 2.55. The molecule has 0 heterocycles. The van der Waals surface area contributed by atoms with Crippen LogP contribution in [-0.2, 0) is 0 Å². The molecule has 78 valence electrons. The van der Waals surface area contributed by atoms with Gasteiger partial charge in [0.05, 0.1) is 0 Å². The van der Waals surface area contributed by atoms with Crippen LogP contribution in [-0.4, -0.2) is 37.1 Å². The van der Waals surface area contributed by atoms with E-state index in [1.165, 1.54) is 32.2 Å². The Morgan fingerprint density at radius 1 is 1.31 bits per heavy atom. The Bertz CT molecular complexity index is 128. The van der Waals surface area contributed by atoms with Gasteiger partial charge in [0.15, 0.2) is 0 Å². The van der Waals surface area contributed by atoms with E-state index in [1.54, 1.807) is 0 Å². The van der Waals surface area contributed by atoms with Crippen LogP contribution in [0.3, 0.4) is 0 Å². The number of rotatable bonds is 5. The zero-order valence-corrected chi connectivity index (χ0v) is 9.34. The van der Waals surface area contributed by atoms with Crippen molar-refractivity contribution in [2.45, 2.75) is 51.6 Å². The predicted octanol–water partition coefficient (Wildman–Crippen LogP) is 1.86. The summed E-state index contributed by atoms with van der Waals surface area (Å²) in [6.45, 7) is 6.73. The Hall–Kier alpha value is -0.0800. The molecule has 0 unspecified atom stereocenters. The summed E-state index contributed by atoms with van der Waals surface area (Å²) in [7, 11) is 2.26. The van der Waals surface area contributed by atoms with Gasteiger partial charge < -0.3 is 10.2 Å². The summed E-state index contributed by atoms with van der Waals surface area (Å²) in [5, 5.41) is 3.46. The molecule has 0 saturated heterocycles. The van der Waals surface area contributed by atoms with Crippen molar-refractivity contribution in [3.8, 4) is 0 Å². The minimum Gasteiger partial charge on any atom is -0.313 e. The standard InChI is InChI=1S/C11H24N2/c1-10(2)12-8-9-13(3)11-6-4-5-7-11/h10-12H,4-9H2,1-3H3. The minimum absolute atomic E-state index is 0.622. The van der Waals surface area contributed by atoms with Gasteiger partial charge in [0, 0.05) is 25.2 Å². The highest BCUT2D eigenvalue weighted by molar-refractivity contribution is 4.75. The SMILES string of the molecule is CC(C)NCCN(C)C1CCCC1. The van der Waals surface area contributed by atoms with Gasteiger partial charge in [-0.2, -0.15) is 0 Å². The molecule has 2 nitrogen and oxygen atoms in total. The van der Waals surface area contributed by atoms with Crippen molar-refractivity contribution in [2.24, 2.45) is 0 Å². The molecular weight excluding hydrogens is 160 g/mol. The van der Waals surface area contributed by atoms with Crippen LogP contribution in [0.25, 0.3) is 0 Å². The van der Waals surface area contributed by atoms with Gasteiger partial charge in [0.25, 0.3) is 0 Å². The maximum absolute atomic E-state index is 3.46. The van der Waals surface area contributed by atoms with E-state index in [0.717, 1.165) is 12.6 Å². The summed E-state index contributed by atoms with van der Waals surface area (Å²) >= 11 is 0. The number of nitrogens with zero attached hydrogens (tertiary/aromatic N) is 1. The summed E-state index contributed by atoms with van der Waals surface area (Å²) in [6.07, 6.45) is 5.70. The smallest absolute Gasteiger partial charge is 0.0107 e. The van der Waals surface area contributed by atoms with Gasteiger partial charge in [-0.25, -0.2) is 0 Å². The Balaban J connectivity index is 2.06. The van der Waals surface area contributed by atoms with Crippen LogP contribution in [0.5, 0.6) is 0 Å². The maximum atomic E-state index is 3.46. The van der Waals surface area contributed by atoms with Crippen molar-refractivity contribution in [3.05, 3.63) is 0 Å². The van der Waals surface area contributed by atoms with E-state index < -0.39 is 0 Å². The topological polar surface area (TPSA) is 15.3 Å². The second kappa shape index (κ2) is 5.61. The second-order valence-electron chi connectivity index (χ2n) is 4.53. The zero-order valence-electron chi connectivity index (χ0n) is 9.34. The molecule has 1 rings (SSSR count). The molecule has 0 atom stereocenters. The van der Waals surface area contributed by atoms with E-state index >= 15 is 0 Å². The molecule has 0 bridgehead atoms. The first-order chi connectivity index (χ1) is 6.20. The zero-order chi connectivity index (χ0) is 9.68. The highest BCUT2D eigenvalue weighted by Crippen LogP contribution is 2.21. The quantitative estimate of drug-likeness (QED) is 0.701. The Labute approximate surface area is 82.7 Å². The fourth-order valence-corrected chi connectivity index (χ4v) is 2.06.